The number of nitrogens with zero attached hydrogens (tertiary/aromatic N) is 1. The van der Waals surface area contributed by atoms with Gasteiger partial charge in [0.2, 0.25) is 5.41 Å². The summed E-state index contributed by atoms with van der Waals surface area (Å²) in [7, 11) is 0. The van der Waals surface area contributed by atoms with E-state index in [9.17, 15) is 10.1 Å². The van der Waals surface area contributed by atoms with Crippen LogP contribution in [0, 0.1) is 34.5 Å². The van der Waals surface area contributed by atoms with Crippen molar-refractivity contribution in [1.82, 2.24) is 0 Å². The predicted octanol–water partition coefficient (Wildman–Crippen LogP) is 6.55. The van der Waals surface area contributed by atoms with Gasteiger partial charge in [0.05, 0.1) is 19.3 Å². The second-order valence-electron chi connectivity index (χ2n) is 10.7. The van der Waals surface area contributed by atoms with Crippen molar-refractivity contribution in [2.24, 2.45) is 23.2 Å². The molecule has 0 atom stereocenters. The number of unbranched alkanes of at least 4 members (excludes halogenated alkanes) is 3. The Labute approximate surface area is 195 Å². The first-order chi connectivity index (χ1) is 15.6. The molecular formula is C27H45NO4. The molecule has 0 aromatic carbocycles. The van der Waals surface area contributed by atoms with Crippen LogP contribution in [0.1, 0.15) is 110 Å². The number of carbonyl (C=O) groups excluding carboxylic acids is 1. The van der Waals surface area contributed by atoms with E-state index in [4.69, 9.17) is 14.2 Å². The number of hydrogen-bond acceptors (Lipinski definition) is 5. The molecule has 2 aliphatic carbocycles. The highest BCUT2D eigenvalue weighted by Gasteiger charge is 2.48. The Balaban J connectivity index is 1.40. The van der Waals surface area contributed by atoms with Crippen molar-refractivity contribution in [3.05, 3.63) is 0 Å². The normalized spacial score (nSPS) is 35.7. The average molecular weight is 448 g/mol. The number of carbonyl (C=O) groups is 1. The first kappa shape index (κ1) is 25.5. The highest BCUT2D eigenvalue weighted by atomic mass is 16.7. The van der Waals surface area contributed by atoms with Gasteiger partial charge < -0.3 is 14.2 Å². The Kier molecular flexibility index (Phi) is 10.3. The minimum Gasteiger partial charge on any atom is -0.461 e. The summed E-state index contributed by atoms with van der Waals surface area (Å²) in [4.78, 5) is 12.9. The molecule has 3 rings (SSSR count). The van der Waals surface area contributed by atoms with Gasteiger partial charge in [0, 0.05) is 5.92 Å². The largest absolute Gasteiger partial charge is 0.461 e. The van der Waals surface area contributed by atoms with E-state index in [0.717, 1.165) is 50.4 Å². The molecule has 0 spiro atoms. The van der Waals surface area contributed by atoms with Gasteiger partial charge in [-0.3, -0.25) is 4.79 Å². The van der Waals surface area contributed by atoms with Gasteiger partial charge in [0.1, 0.15) is 6.10 Å². The molecule has 1 saturated heterocycles. The van der Waals surface area contributed by atoms with Crippen LogP contribution in [0.4, 0.5) is 0 Å². The molecule has 2 saturated carbocycles. The number of nitriles is 1. The van der Waals surface area contributed by atoms with Gasteiger partial charge >= 0.3 is 5.97 Å². The van der Waals surface area contributed by atoms with Crippen LogP contribution in [-0.4, -0.2) is 31.6 Å². The molecular weight excluding hydrogens is 402 g/mol. The van der Waals surface area contributed by atoms with Crippen LogP contribution >= 0.6 is 0 Å². The van der Waals surface area contributed by atoms with Crippen molar-refractivity contribution in [3.8, 4) is 6.07 Å². The van der Waals surface area contributed by atoms with Gasteiger partial charge in [-0.05, 0) is 63.2 Å². The molecule has 3 fully saturated rings. The SMILES string of the molecule is CCCCCC1CCC(OC(=O)[C@]2(C#N)CO[C@H](C3CCC(CCCC)CC3)OC2)CC1. The molecule has 1 aliphatic heterocycles. The highest BCUT2D eigenvalue weighted by molar-refractivity contribution is 5.80. The van der Waals surface area contributed by atoms with E-state index in [0.29, 0.717) is 5.92 Å². The zero-order valence-electron chi connectivity index (χ0n) is 20.5. The summed E-state index contributed by atoms with van der Waals surface area (Å²) >= 11 is 0. The lowest BCUT2D eigenvalue weighted by atomic mass is 9.79. The Morgan fingerprint density at radius 1 is 0.875 bits per heavy atom. The third kappa shape index (κ3) is 6.94. The molecule has 5 heteroatoms. The molecule has 0 radical (unpaired) electrons. The minimum absolute atomic E-state index is 0.0636. The summed E-state index contributed by atoms with van der Waals surface area (Å²) < 4.78 is 17.8. The molecule has 32 heavy (non-hydrogen) atoms. The van der Waals surface area contributed by atoms with E-state index in [2.05, 4.69) is 19.9 Å². The van der Waals surface area contributed by atoms with Crippen LogP contribution < -0.4 is 0 Å². The van der Waals surface area contributed by atoms with Crippen molar-refractivity contribution in [3.63, 3.8) is 0 Å². The van der Waals surface area contributed by atoms with Crippen LogP contribution in [-0.2, 0) is 19.0 Å². The van der Waals surface area contributed by atoms with Crippen LogP contribution in [0.25, 0.3) is 0 Å². The molecule has 0 bridgehead atoms. The molecule has 5 nitrogen and oxygen atoms in total. The summed E-state index contributed by atoms with van der Waals surface area (Å²) in [5.41, 5.74) is -1.31. The first-order valence-corrected chi connectivity index (χ1v) is 13.5. The number of hydrogen-bond donors (Lipinski definition) is 0. The molecule has 1 heterocycles. The first-order valence-electron chi connectivity index (χ1n) is 13.5. The predicted molar refractivity (Wildman–Crippen MR) is 125 cm³/mol. The van der Waals surface area contributed by atoms with Crippen LogP contribution in [0.15, 0.2) is 0 Å². The molecule has 0 N–H and O–H groups in total. The Morgan fingerprint density at radius 3 is 2.00 bits per heavy atom. The second-order valence-corrected chi connectivity index (χ2v) is 10.7. The maximum Gasteiger partial charge on any atom is 0.331 e. The van der Waals surface area contributed by atoms with Crippen molar-refractivity contribution in [1.29, 1.82) is 5.26 Å². The van der Waals surface area contributed by atoms with Gasteiger partial charge in [-0.1, -0.05) is 58.8 Å². The fourth-order valence-electron chi connectivity index (χ4n) is 5.77. The Bertz CT molecular complexity index is 591. The summed E-state index contributed by atoms with van der Waals surface area (Å²) in [6, 6.07) is 2.18. The van der Waals surface area contributed by atoms with Crippen LogP contribution in [0.3, 0.4) is 0 Å². The molecule has 0 aromatic rings. The Hall–Kier alpha value is -1.12. The van der Waals surface area contributed by atoms with Gasteiger partial charge in [-0.25, -0.2) is 0 Å². The minimum atomic E-state index is -1.31. The molecule has 0 amide bonds. The molecule has 0 aromatic heterocycles. The standard InChI is InChI=1S/C27H45NO4/c1-3-5-7-9-22-12-16-24(17-13-22)32-26(29)27(18-28)19-30-25(31-20-27)23-14-10-21(11-15-23)8-6-4-2/h21-25H,3-17,19-20H2,1-2H3/t21?,22?,23?,24?,25-,27+. The number of ether oxygens (including phenoxy) is 3. The van der Waals surface area contributed by atoms with E-state index in [1.54, 1.807) is 0 Å². The fourth-order valence-corrected chi connectivity index (χ4v) is 5.77. The van der Waals surface area contributed by atoms with E-state index in [1.807, 2.05) is 0 Å². The number of rotatable bonds is 10. The summed E-state index contributed by atoms with van der Waals surface area (Å²) in [5, 5.41) is 9.81. The van der Waals surface area contributed by atoms with E-state index in [-0.39, 0.29) is 25.6 Å². The van der Waals surface area contributed by atoms with Gasteiger partial charge in [0.15, 0.2) is 6.29 Å². The molecule has 3 aliphatic rings. The number of esters is 1. The monoisotopic (exact) mass is 447 g/mol. The molecule has 0 unspecified atom stereocenters. The summed E-state index contributed by atoms with van der Waals surface area (Å²) in [5.74, 6) is 1.53. The lowest BCUT2D eigenvalue weighted by molar-refractivity contribution is -0.247. The van der Waals surface area contributed by atoms with Crippen molar-refractivity contribution >= 4 is 5.97 Å². The average Bonchev–Trinajstić information content (AvgIpc) is 2.84. The fraction of sp³-hybridized carbons (Fsp3) is 0.926. The maximum atomic E-state index is 12.9. The zero-order valence-corrected chi connectivity index (χ0v) is 20.5. The highest BCUT2D eigenvalue weighted by Crippen LogP contribution is 2.38. The topological polar surface area (TPSA) is 68.6 Å². The van der Waals surface area contributed by atoms with Crippen LogP contribution in [0.2, 0.25) is 0 Å². The summed E-state index contributed by atoms with van der Waals surface area (Å²) in [6.07, 6.45) is 17.5. The van der Waals surface area contributed by atoms with Crippen molar-refractivity contribution in [2.75, 3.05) is 13.2 Å². The van der Waals surface area contributed by atoms with Gasteiger partial charge in [-0.2, -0.15) is 5.26 Å². The maximum absolute atomic E-state index is 12.9. The van der Waals surface area contributed by atoms with Gasteiger partial charge in [0.25, 0.3) is 0 Å². The summed E-state index contributed by atoms with van der Waals surface area (Å²) in [6.45, 7) is 4.67. The quantitative estimate of drug-likeness (QED) is 0.281. The lowest BCUT2D eigenvalue weighted by Crippen LogP contribution is -2.50. The second kappa shape index (κ2) is 12.9. The smallest absolute Gasteiger partial charge is 0.331 e. The van der Waals surface area contributed by atoms with Crippen molar-refractivity contribution in [2.45, 2.75) is 123 Å². The third-order valence-corrected chi connectivity index (χ3v) is 8.12. The van der Waals surface area contributed by atoms with Gasteiger partial charge in [-0.15, -0.1) is 0 Å². The van der Waals surface area contributed by atoms with E-state index >= 15 is 0 Å². The van der Waals surface area contributed by atoms with Crippen molar-refractivity contribution < 1.29 is 19.0 Å². The Morgan fingerprint density at radius 2 is 1.44 bits per heavy atom. The van der Waals surface area contributed by atoms with E-state index in [1.165, 1.54) is 57.8 Å². The third-order valence-electron chi connectivity index (χ3n) is 8.12. The van der Waals surface area contributed by atoms with E-state index < -0.39 is 11.4 Å². The zero-order chi connectivity index (χ0) is 22.8. The lowest BCUT2D eigenvalue weighted by Gasteiger charge is -2.40. The van der Waals surface area contributed by atoms with Crippen LogP contribution in [0.5, 0.6) is 0 Å². The molecule has 182 valence electrons.